The molecular formula is C22H23N3O2S2. The van der Waals surface area contributed by atoms with E-state index in [0.29, 0.717) is 13.0 Å². The molecule has 4 rings (SSSR count). The van der Waals surface area contributed by atoms with E-state index < -0.39 is 0 Å². The van der Waals surface area contributed by atoms with E-state index >= 15 is 0 Å². The van der Waals surface area contributed by atoms with Gasteiger partial charge in [-0.05, 0) is 68.9 Å². The van der Waals surface area contributed by atoms with Crippen LogP contribution in [0.4, 0.5) is 0 Å². The molecule has 7 heteroatoms. The molecule has 1 aliphatic carbocycles. The highest BCUT2D eigenvalue weighted by Gasteiger charge is 2.23. The van der Waals surface area contributed by atoms with Gasteiger partial charge in [-0.15, -0.1) is 11.3 Å². The average Bonchev–Trinajstić information content (AvgIpc) is 3.30. The Morgan fingerprint density at radius 3 is 2.86 bits per heavy atom. The molecule has 5 nitrogen and oxygen atoms in total. The zero-order chi connectivity index (χ0) is 20.2. The van der Waals surface area contributed by atoms with Crippen LogP contribution in [-0.2, 0) is 12.8 Å². The van der Waals surface area contributed by atoms with Gasteiger partial charge < -0.3 is 4.74 Å². The van der Waals surface area contributed by atoms with Gasteiger partial charge in [0.25, 0.3) is 5.56 Å². The molecule has 2 heterocycles. The van der Waals surface area contributed by atoms with E-state index in [9.17, 15) is 4.79 Å². The van der Waals surface area contributed by atoms with E-state index in [-0.39, 0.29) is 5.56 Å². The second-order valence-corrected chi connectivity index (χ2v) is 9.11. The number of benzene rings is 1. The Morgan fingerprint density at radius 2 is 2.10 bits per heavy atom. The molecule has 1 aliphatic rings. The summed E-state index contributed by atoms with van der Waals surface area (Å²) in [6.07, 6.45) is 5.50. The zero-order valence-electron chi connectivity index (χ0n) is 16.4. The fourth-order valence-electron chi connectivity index (χ4n) is 3.68. The van der Waals surface area contributed by atoms with Gasteiger partial charge in [0, 0.05) is 17.1 Å². The summed E-state index contributed by atoms with van der Waals surface area (Å²) < 4.78 is 7.29. The van der Waals surface area contributed by atoms with Crippen molar-refractivity contribution < 1.29 is 4.74 Å². The van der Waals surface area contributed by atoms with E-state index in [1.54, 1.807) is 27.7 Å². The number of thiophene rings is 1. The van der Waals surface area contributed by atoms with Crippen LogP contribution in [0.5, 0.6) is 5.75 Å². The van der Waals surface area contributed by atoms with Crippen LogP contribution >= 0.6 is 23.1 Å². The number of unbranched alkanes of at least 4 members (excludes halogenated alkanes) is 2. The standard InChI is InChI=1S/C22H23N3O2S2/c1-2-27-16-11-9-15(10-12-16)25-21(26)19-17-7-6-8-18(17)29-20(19)24-22(25)28-14-5-3-4-13-23/h9-12H,2-8,14H2,1H3. The van der Waals surface area contributed by atoms with Crippen LogP contribution < -0.4 is 10.3 Å². The Labute approximate surface area is 178 Å². The second kappa shape index (κ2) is 9.02. The van der Waals surface area contributed by atoms with Gasteiger partial charge in [0.15, 0.2) is 5.16 Å². The third-order valence-electron chi connectivity index (χ3n) is 5.03. The summed E-state index contributed by atoms with van der Waals surface area (Å²) in [6, 6.07) is 9.83. The van der Waals surface area contributed by atoms with Crippen molar-refractivity contribution in [2.45, 2.75) is 50.6 Å². The number of hydrogen-bond acceptors (Lipinski definition) is 6. The number of rotatable bonds is 8. The molecule has 0 spiro atoms. The van der Waals surface area contributed by atoms with Gasteiger partial charge in [-0.3, -0.25) is 9.36 Å². The quantitative estimate of drug-likeness (QED) is 0.285. The third-order valence-corrected chi connectivity index (χ3v) is 7.24. The molecule has 0 atom stereocenters. The predicted octanol–water partition coefficient (Wildman–Crippen LogP) is 5.12. The minimum absolute atomic E-state index is 0.0260. The Hall–Kier alpha value is -2.30. The number of nitrogens with zero attached hydrogens (tertiary/aromatic N) is 3. The number of fused-ring (bicyclic) bond motifs is 3. The van der Waals surface area contributed by atoms with Gasteiger partial charge in [0.1, 0.15) is 10.6 Å². The highest BCUT2D eigenvalue weighted by molar-refractivity contribution is 7.99. The van der Waals surface area contributed by atoms with Gasteiger partial charge in [0.05, 0.1) is 23.7 Å². The molecule has 0 unspecified atom stereocenters. The molecule has 0 radical (unpaired) electrons. The van der Waals surface area contributed by atoms with Gasteiger partial charge in [-0.25, -0.2) is 4.98 Å². The lowest BCUT2D eigenvalue weighted by molar-refractivity contribution is 0.340. The van der Waals surface area contributed by atoms with Crippen LogP contribution in [0.15, 0.2) is 34.2 Å². The van der Waals surface area contributed by atoms with Crippen molar-refractivity contribution in [3.05, 3.63) is 45.1 Å². The summed E-state index contributed by atoms with van der Waals surface area (Å²) in [5.41, 5.74) is 2.04. The van der Waals surface area contributed by atoms with Crippen molar-refractivity contribution in [3.8, 4) is 17.5 Å². The van der Waals surface area contributed by atoms with E-state index in [1.807, 2.05) is 31.2 Å². The maximum absolute atomic E-state index is 13.6. The smallest absolute Gasteiger partial charge is 0.267 e. The summed E-state index contributed by atoms with van der Waals surface area (Å²) in [4.78, 5) is 20.6. The van der Waals surface area contributed by atoms with Crippen molar-refractivity contribution in [3.63, 3.8) is 0 Å². The van der Waals surface area contributed by atoms with Crippen molar-refractivity contribution in [2.75, 3.05) is 12.4 Å². The minimum atomic E-state index is 0.0260. The molecule has 0 bridgehead atoms. The summed E-state index contributed by atoms with van der Waals surface area (Å²) in [5.74, 6) is 1.63. The molecule has 0 saturated heterocycles. The normalized spacial score (nSPS) is 12.8. The van der Waals surface area contributed by atoms with Gasteiger partial charge in [-0.1, -0.05) is 11.8 Å². The first-order valence-electron chi connectivity index (χ1n) is 10.0. The Morgan fingerprint density at radius 1 is 1.28 bits per heavy atom. The van der Waals surface area contributed by atoms with Crippen molar-refractivity contribution >= 4 is 33.3 Å². The molecule has 0 amide bonds. The van der Waals surface area contributed by atoms with E-state index in [2.05, 4.69) is 6.07 Å². The molecule has 3 aromatic rings. The molecule has 0 saturated carbocycles. The zero-order valence-corrected chi connectivity index (χ0v) is 18.1. The van der Waals surface area contributed by atoms with Gasteiger partial charge in [0.2, 0.25) is 0 Å². The van der Waals surface area contributed by atoms with Crippen LogP contribution in [0.2, 0.25) is 0 Å². The SMILES string of the molecule is CCOc1ccc(-n2c(SCCCCC#N)nc3sc4c(c3c2=O)CCC4)cc1. The second-order valence-electron chi connectivity index (χ2n) is 6.96. The molecule has 0 aliphatic heterocycles. The summed E-state index contributed by atoms with van der Waals surface area (Å²) in [7, 11) is 0. The number of aryl methyl sites for hydroxylation is 2. The highest BCUT2D eigenvalue weighted by Crippen LogP contribution is 2.36. The number of ether oxygens (including phenoxy) is 1. The van der Waals surface area contributed by atoms with E-state index in [1.165, 1.54) is 10.4 Å². The molecule has 29 heavy (non-hydrogen) atoms. The largest absolute Gasteiger partial charge is 0.494 e. The predicted molar refractivity (Wildman–Crippen MR) is 119 cm³/mol. The van der Waals surface area contributed by atoms with Crippen LogP contribution in [-0.4, -0.2) is 21.9 Å². The third kappa shape index (κ3) is 4.05. The first-order valence-corrected chi connectivity index (χ1v) is 11.8. The Bertz CT molecular complexity index is 1110. The molecular weight excluding hydrogens is 402 g/mol. The minimum Gasteiger partial charge on any atom is -0.494 e. The summed E-state index contributed by atoms with van der Waals surface area (Å²) in [5, 5.41) is 10.2. The fourth-order valence-corrected chi connectivity index (χ4v) is 5.99. The number of hydrogen-bond donors (Lipinski definition) is 0. The fraction of sp³-hybridized carbons (Fsp3) is 0.409. The number of aromatic nitrogens is 2. The van der Waals surface area contributed by atoms with Gasteiger partial charge in [-0.2, -0.15) is 5.26 Å². The number of thioether (sulfide) groups is 1. The first-order chi connectivity index (χ1) is 14.2. The maximum atomic E-state index is 13.6. The van der Waals surface area contributed by atoms with Crippen molar-refractivity contribution in [2.24, 2.45) is 0 Å². The van der Waals surface area contributed by atoms with Crippen LogP contribution in [0, 0.1) is 11.3 Å². The maximum Gasteiger partial charge on any atom is 0.267 e. The first kappa shape index (κ1) is 20.0. The monoisotopic (exact) mass is 425 g/mol. The number of nitriles is 1. The molecule has 150 valence electrons. The van der Waals surface area contributed by atoms with Crippen molar-refractivity contribution in [1.29, 1.82) is 5.26 Å². The molecule has 2 aromatic heterocycles. The molecule has 0 fully saturated rings. The van der Waals surface area contributed by atoms with Crippen molar-refractivity contribution in [1.82, 2.24) is 9.55 Å². The lowest BCUT2D eigenvalue weighted by Gasteiger charge is -2.13. The average molecular weight is 426 g/mol. The van der Waals surface area contributed by atoms with E-state index in [4.69, 9.17) is 15.0 Å². The van der Waals surface area contributed by atoms with Gasteiger partial charge >= 0.3 is 0 Å². The summed E-state index contributed by atoms with van der Waals surface area (Å²) >= 11 is 3.27. The van der Waals surface area contributed by atoms with Crippen LogP contribution in [0.25, 0.3) is 15.9 Å². The summed E-state index contributed by atoms with van der Waals surface area (Å²) in [6.45, 7) is 2.56. The topological polar surface area (TPSA) is 67.9 Å². The van der Waals surface area contributed by atoms with Crippen LogP contribution in [0.1, 0.15) is 43.0 Å². The molecule has 1 aromatic carbocycles. The molecule has 0 N–H and O–H groups in total. The highest BCUT2D eigenvalue weighted by atomic mass is 32.2. The Kier molecular flexibility index (Phi) is 6.22. The lowest BCUT2D eigenvalue weighted by atomic mass is 10.2. The van der Waals surface area contributed by atoms with E-state index in [0.717, 1.165) is 64.7 Å². The lowest BCUT2D eigenvalue weighted by Crippen LogP contribution is -2.22. The Balaban J connectivity index is 1.76. The van der Waals surface area contributed by atoms with Crippen LogP contribution in [0.3, 0.4) is 0 Å².